The number of nitrogens with zero attached hydrogens (tertiary/aromatic N) is 4. The quantitative estimate of drug-likeness (QED) is 0.466. The van der Waals surface area contributed by atoms with E-state index in [0.29, 0.717) is 49.7 Å². The first kappa shape index (κ1) is 23.7. The number of benzene rings is 2. The summed E-state index contributed by atoms with van der Waals surface area (Å²) in [7, 11) is 0. The minimum Gasteiger partial charge on any atom is -0.406 e. The van der Waals surface area contributed by atoms with Gasteiger partial charge in [0.15, 0.2) is 0 Å². The lowest BCUT2D eigenvalue weighted by Crippen LogP contribution is -2.47. The molecule has 2 heterocycles. The lowest BCUT2D eigenvalue weighted by atomic mass is 10.0. The average Bonchev–Trinajstić information content (AvgIpc) is 3.29. The summed E-state index contributed by atoms with van der Waals surface area (Å²) in [5.41, 5.74) is 3.86. The van der Waals surface area contributed by atoms with Crippen molar-refractivity contribution in [1.82, 2.24) is 14.9 Å². The molecular weight excluding hydrogens is 474 g/mol. The van der Waals surface area contributed by atoms with Crippen LogP contribution in [0.4, 0.5) is 29.1 Å². The Morgan fingerprint density at radius 2 is 1.69 bits per heavy atom. The highest BCUT2D eigenvalue weighted by Gasteiger charge is 2.31. The first-order valence-electron chi connectivity index (χ1n) is 11.4. The van der Waals surface area contributed by atoms with Gasteiger partial charge in [-0.3, -0.25) is 0 Å². The zero-order valence-electron chi connectivity index (χ0n) is 19.2. The van der Waals surface area contributed by atoms with E-state index >= 15 is 0 Å². The summed E-state index contributed by atoms with van der Waals surface area (Å²) < 4.78 is 55.3. The van der Waals surface area contributed by atoms with E-state index < -0.39 is 6.36 Å². The Balaban J connectivity index is 1.22. The third-order valence-corrected chi connectivity index (χ3v) is 6.18. The van der Waals surface area contributed by atoms with Gasteiger partial charge in [-0.05, 0) is 42.0 Å². The van der Waals surface area contributed by atoms with Crippen LogP contribution in [0.1, 0.15) is 16.8 Å². The molecule has 1 N–H and O–H groups in total. The predicted molar refractivity (Wildman–Crippen MR) is 130 cm³/mol. The second kappa shape index (κ2) is 9.52. The molecule has 0 spiro atoms. The van der Waals surface area contributed by atoms with Crippen molar-refractivity contribution in [3.05, 3.63) is 89.9 Å². The number of hydrogen-bond donors (Lipinski definition) is 1. The van der Waals surface area contributed by atoms with E-state index in [-0.39, 0.29) is 11.6 Å². The van der Waals surface area contributed by atoms with Crippen molar-refractivity contribution in [3.63, 3.8) is 0 Å². The third kappa shape index (κ3) is 5.12. The first-order valence-corrected chi connectivity index (χ1v) is 11.4. The van der Waals surface area contributed by atoms with E-state index in [1.807, 2.05) is 12.1 Å². The molecule has 0 amide bonds. The maximum atomic E-state index is 14.3. The van der Waals surface area contributed by atoms with Crippen LogP contribution in [-0.4, -0.2) is 47.4 Å². The second-order valence-corrected chi connectivity index (χ2v) is 8.50. The standard InChI is InChI=1S/C26H23F4N5O/c1-17(33-19-6-8-20(9-7-19)36-26(28,29)30)34-10-12-35(13-11-34)25-22-14-18(15-24(22)31-16-32-25)21-4-2-3-5-23(21)27/h2-9,14,16,33H,1,10-13,15H2. The van der Waals surface area contributed by atoms with Gasteiger partial charge < -0.3 is 19.9 Å². The fourth-order valence-corrected chi connectivity index (χ4v) is 4.44. The number of anilines is 2. The summed E-state index contributed by atoms with van der Waals surface area (Å²) in [4.78, 5) is 13.2. The van der Waals surface area contributed by atoms with Crippen LogP contribution >= 0.6 is 0 Å². The molecule has 1 aliphatic carbocycles. The van der Waals surface area contributed by atoms with Crippen LogP contribution in [-0.2, 0) is 6.42 Å². The Morgan fingerprint density at radius 1 is 0.972 bits per heavy atom. The monoisotopic (exact) mass is 497 g/mol. The average molecular weight is 497 g/mol. The number of piperazine rings is 1. The highest BCUT2D eigenvalue weighted by molar-refractivity contribution is 5.91. The molecule has 10 heteroatoms. The highest BCUT2D eigenvalue weighted by atomic mass is 19.4. The van der Waals surface area contributed by atoms with Gasteiger partial charge in [0.25, 0.3) is 0 Å². The maximum absolute atomic E-state index is 14.3. The van der Waals surface area contributed by atoms with Crippen LogP contribution in [0.2, 0.25) is 0 Å². The molecule has 5 rings (SSSR count). The van der Waals surface area contributed by atoms with E-state index in [9.17, 15) is 17.6 Å². The Morgan fingerprint density at radius 3 is 2.39 bits per heavy atom. The smallest absolute Gasteiger partial charge is 0.406 e. The minimum atomic E-state index is -4.73. The summed E-state index contributed by atoms with van der Waals surface area (Å²) in [6, 6.07) is 12.2. The normalized spacial score (nSPS) is 15.4. The zero-order chi connectivity index (χ0) is 25.3. The van der Waals surface area contributed by atoms with Crippen molar-refractivity contribution >= 4 is 23.2 Å². The molecule has 0 saturated carbocycles. The van der Waals surface area contributed by atoms with Crippen molar-refractivity contribution in [1.29, 1.82) is 0 Å². The van der Waals surface area contributed by atoms with E-state index in [4.69, 9.17) is 0 Å². The highest BCUT2D eigenvalue weighted by Crippen LogP contribution is 2.36. The van der Waals surface area contributed by atoms with Gasteiger partial charge in [0.05, 0.1) is 11.5 Å². The van der Waals surface area contributed by atoms with Gasteiger partial charge in [-0.2, -0.15) is 0 Å². The van der Waals surface area contributed by atoms with Crippen LogP contribution in [0.5, 0.6) is 5.75 Å². The van der Waals surface area contributed by atoms with Crippen LogP contribution in [0.3, 0.4) is 0 Å². The zero-order valence-corrected chi connectivity index (χ0v) is 19.2. The van der Waals surface area contributed by atoms with Gasteiger partial charge in [0.1, 0.15) is 23.7 Å². The Labute approximate surface area is 205 Å². The number of aromatic nitrogens is 2. The molecule has 2 aromatic carbocycles. The van der Waals surface area contributed by atoms with E-state index in [0.717, 1.165) is 22.6 Å². The van der Waals surface area contributed by atoms with Crippen molar-refractivity contribution in [2.75, 3.05) is 36.4 Å². The van der Waals surface area contributed by atoms with Crippen LogP contribution < -0.4 is 15.0 Å². The van der Waals surface area contributed by atoms with Gasteiger partial charge in [0, 0.05) is 49.4 Å². The van der Waals surface area contributed by atoms with E-state index in [2.05, 4.69) is 36.4 Å². The van der Waals surface area contributed by atoms with Gasteiger partial charge >= 0.3 is 6.36 Å². The van der Waals surface area contributed by atoms with E-state index in [1.54, 1.807) is 18.5 Å². The molecule has 1 aliphatic heterocycles. The SMILES string of the molecule is C=C(Nc1ccc(OC(F)(F)F)cc1)N1CCN(c2ncnc3c2C=C(c2ccccc2F)C3)CC1. The number of hydrogen-bond acceptors (Lipinski definition) is 6. The molecule has 0 radical (unpaired) electrons. The van der Waals surface area contributed by atoms with Crippen LogP contribution in [0, 0.1) is 5.82 Å². The number of fused-ring (bicyclic) bond motifs is 1. The molecule has 0 bridgehead atoms. The summed E-state index contributed by atoms with van der Waals surface area (Å²) in [6.07, 6.45) is -0.649. The topological polar surface area (TPSA) is 53.5 Å². The number of ether oxygens (including phenoxy) is 1. The van der Waals surface area contributed by atoms with Gasteiger partial charge in [0.2, 0.25) is 0 Å². The molecular formula is C26H23F4N5O. The summed E-state index contributed by atoms with van der Waals surface area (Å²) in [6.45, 7) is 6.79. The minimum absolute atomic E-state index is 0.256. The fourth-order valence-electron chi connectivity index (χ4n) is 4.44. The Hall–Kier alpha value is -4.08. The number of alkyl halides is 3. The van der Waals surface area contributed by atoms with Crippen molar-refractivity contribution < 1.29 is 22.3 Å². The van der Waals surface area contributed by atoms with Crippen LogP contribution in [0.15, 0.2) is 67.3 Å². The Bertz CT molecular complexity index is 1300. The molecule has 0 unspecified atom stereocenters. The van der Waals surface area contributed by atoms with Crippen molar-refractivity contribution in [2.45, 2.75) is 12.8 Å². The molecule has 6 nitrogen and oxygen atoms in total. The summed E-state index contributed by atoms with van der Waals surface area (Å²) >= 11 is 0. The molecule has 0 atom stereocenters. The van der Waals surface area contributed by atoms with Crippen molar-refractivity contribution in [2.24, 2.45) is 0 Å². The molecule has 186 valence electrons. The summed E-state index contributed by atoms with van der Waals surface area (Å²) in [5, 5.41) is 3.13. The lowest BCUT2D eigenvalue weighted by Gasteiger charge is -2.38. The van der Waals surface area contributed by atoms with Crippen molar-refractivity contribution in [3.8, 4) is 5.75 Å². The first-order chi connectivity index (χ1) is 17.3. The molecule has 1 saturated heterocycles. The second-order valence-electron chi connectivity index (χ2n) is 8.50. The molecule has 1 aromatic heterocycles. The molecule has 3 aromatic rings. The molecule has 36 heavy (non-hydrogen) atoms. The summed E-state index contributed by atoms with van der Waals surface area (Å²) in [5.74, 6) is 0.934. The van der Waals surface area contributed by atoms with Gasteiger partial charge in [-0.15, -0.1) is 13.2 Å². The fraction of sp³-hybridized carbons (Fsp3) is 0.231. The molecule has 1 fully saturated rings. The number of halogens is 4. The Kier molecular flexibility index (Phi) is 6.26. The maximum Gasteiger partial charge on any atom is 0.573 e. The number of nitrogens with one attached hydrogen (secondary N) is 1. The lowest BCUT2D eigenvalue weighted by molar-refractivity contribution is -0.274. The predicted octanol–water partition coefficient (Wildman–Crippen LogP) is 5.32. The van der Waals surface area contributed by atoms with Gasteiger partial charge in [-0.25, -0.2) is 14.4 Å². The number of allylic oxidation sites excluding steroid dienone is 1. The van der Waals surface area contributed by atoms with Crippen LogP contribution in [0.25, 0.3) is 11.6 Å². The molecule has 2 aliphatic rings. The largest absolute Gasteiger partial charge is 0.573 e. The number of rotatable bonds is 6. The van der Waals surface area contributed by atoms with Gasteiger partial charge in [-0.1, -0.05) is 24.8 Å². The third-order valence-electron chi connectivity index (χ3n) is 6.18. The van der Waals surface area contributed by atoms with E-state index in [1.165, 1.54) is 30.3 Å².